The van der Waals surface area contributed by atoms with Gasteiger partial charge in [0.05, 0.1) is 23.2 Å². The van der Waals surface area contributed by atoms with E-state index >= 15 is 0 Å². The molecule has 0 bridgehead atoms. The van der Waals surface area contributed by atoms with Crippen molar-refractivity contribution >= 4 is 51.2 Å². The minimum atomic E-state index is -0.721. The summed E-state index contributed by atoms with van der Waals surface area (Å²) in [5.74, 6) is 0.468. The Morgan fingerprint density at radius 3 is 2.29 bits per heavy atom. The van der Waals surface area contributed by atoms with E-state index in [1.165, 1.54) is 7.11 Å². The Bertz CT molecular complexity index is 442. The van der Waals surface area contributed by atoms with Gasteiger partial charge in [-0.1, -0.05) is 0 Å². The molecule has 5 heteroatoms. The molecule has 0 unspecified atom stereocenters. The van der Waals surface area contributed by atoms with Gasteiger partial charge in [0.2, 0.25) is 0 Å². The molecular formula is C12H14I2O3. The molecule has 94 valence electrons. The average Bonchev–Trinajstić information content (AvgIpc) is 2.26. The number of ether oxygens (including phenoxy) is 2. The molecule has 0 aromatic heterocycles. The summed E-state index contributed by atoms with van der Waals surface area (Å²) in [6.45, 7) is 3.67. The first kappa shape index (κ1) is 15.0. The van der Waals surface area contributed by atoms with Crippen LogP contribution in [0.1, 0.15) is 19.4 Å². The molecule has 1 aromatic carbocycles. The molecule has 0 fully saturated rings. The molecule has 0 spiro atoms. The second-order valence-corrected chi connectivity index (χ2v) is 6.49. The van der Waals surface area contributed by atoms with Crippen LogP contribution in [-0.2, 0) is 14.9 Å². The first-order chi connectivity index (χ1) is 7.84. The largest absolute Gasteiger partial charge is 0.495 e. The zero-order valence-electron chi connectivity index (χ0n) is 10.1. The van der Waals surface area contributed by atoms with Gasteiger partial charge in [-0.3, -0.25) is 4.79 Å². The van der Waals surface area contributed by atoms with E-state index < -0.39 is 5.41 Å². The van der Waals surface area contributed by atoms with E-state index in [1.807, 2.05) is 26.0 Å². The molecule has 0 aliphatic carbocycles. The van der Waals surface area contributed by atoms with Gasteiger partial charge in [0.1, 0.15) is 5.75 Å². The van der Waals surface area contributed by atoms with Crippen LogP contribution in [0.5, 0.6) is 5.75 Å². The Balaban J connectivity index is 3.44. The molecule has 0 amide bonds. The number of methoxy groups -OCH3 is 2. The van der Waals surface area contributed by atoms with Crippen molar-refractivity contribution in [3.05, 3.63) is 24.8 Å². The topological polar surface area (TPSA) is 35.5 Å². The molecule has 0 atom stereocenters. The van der Waals surface area contributed by atoms with Crippen LogP contribution in [0.3, 0.4) is 0 Å². The first-order valence-corrected chi connectivity index (χ1v) is 7.12. The molecule has 0 aliphatic rings. The maximum absolute atomic E-state index is 11.8. The highest BCUT2D eigenvalue weighted by Gasteiger charge is 2.34. The minimum absolute atomic E-state index is 0.270. The summed E-state index contributed by atoms with van der Waals surface area (Å²) in [4.78, 5) is 11.8. The lowest BCUT2D eigenvalue weighted by molar-refractivity contribution is -0.146. The number of esters is 1. The summed E-state index contributed by atoms with van der Waals surface area (Å²) in [6.07, 6.45) is 0. The van der Waals surface area contributed by atoms with Gasteiger partial charge < -0.3 is 9.47 Å². The van der Waals surface area contributed by atoms with E-state index in [-0.39, 0.29) is 5.97 Å². The van der Waals surface area contributed by atoms with Crippen LogP contribution in [0.25, 0.3) is 0 Å². The van der Waals surface area contributed by atoms with E-state index in [9.17, 15) is 4.79 Å². The van der Waals surface area contributed by atoms with Crippen LogP contribution >= 0.6 is 45.2 Å². The molecule has 0 radical (unpaired) electrons. The summed E-state index contributed by atoms with van der Waals surface area (Å²) < 4.78 is 12.3. The lowest BCUT2D eigenvalue weighted by atomic mass is 9.84. The fourth-order valence-corrected chi connectivity index (χ4v) is 3.66. The Labute approximate surface area is 129 Å². The predicted molar refractivity (Wildman–Crippen MR) is 83.5 cm³/mol. The summed E-state index contributed by atoms with van der Waals surface area (Å²) in [5.41, 5.74) is 0.129. The normalized spacial score (nSPS) is 11.2. The van der Waals surface area contributed by atoms with Crippen LogP contribution in [0.15, 0.2) is 12.1 Å². The second-order valence-electron chi connectivity index (χ2n) is 4.09. The molecular weight excluding hydrogens is 446 g/mol. The number of halogens is 2. The number of rotatable bonds is 3. The van der Waals surface area contributed by atoms with Crippen molar-refractivity contribution in [1.29, 1.82) is 0 Å². The summed E-state index contributed by atoms with van der Waals surface area (Å²) in [5, 5.41) is 0. The molecule has 0 saturated heterocycles. The van der Waals surface area contributed by atoms with E-state index in [0.29, 0.717) is 0 Å². The van der Waals surface area contributed by atoms with Crippen LogP contribution in [0.2, 0.25) is 0 Å². The van der Waals surface area contributed by atoms with Crippen molar-refractivity contribution < 1.29 is 14.3 Å². The highest BCUT2D eigenvalue weighted by Crippen LogP contribution is 2.37. The predicted octanol–water partition coefficient (Wildman–Crippen LogP) is 3.36. The molecule has 1 rings (SSSR count). The van der Waals surface area contributed by atoms with Gasteiger partial charge in [0.25, 0.3) is 0 Å². The molecule has 3 nitrogen and oxygen atoms in total. The third-order valence-corrected chi connectivity index (χ3v) is 4.01. The van der Waals surface area contributed by atoms with Gasteiger partial charge in [-0.15, -0.1) is 0 Å². The molecule has 17 heavy (non-hydrogen) atoms. The Kier molecular flexibility index (Phi) is 5.06. The fraction of sp³-hybridized carbons (Fsp3) is 0.417. The van der Waals surface area contributed by atoms with Gasteiger partial charge in [0.15, 0.2) is 0 Å². The molecule has 0 heterocycles. The maximum Gasteiger partial charge on any atom is 0.315 e. The standard InChI is InChI=1S/C12H14I2O3/c1-12(2,11(15)17-4)8-5-7(13)6-9(14)10(8)16-3/h5-6H,1-4H3. The van der Waals surface area contributed by atoms with Gasteiger partial charge in [-0.25, -0.2) is 0 Å². The summed E-state index contributed by atoms with van der Waals surface area (Å²) >= 11 is 4.43. The van der Waals surface area contributed by atoms with E-state index in [0.717, 1.165) is 18.5 Å². The third-order valence-electron chi connectivity index (χ3n) is 2.58. The van der Waals surface area contributed by atoms with Crippen LogP contribution in [0.4, 0.5) is 0 Å². The summed E-state index contributed by atoms with van der Waals surface area (Å²) in [6, 6.07) is 3.97. The van der Waals surface area contributed by atoms with Gasteiger partial charge >= 0.3 is 5.97 Å². The lowest BCUT2D eigenvalue weighted by Gasteiger charge is -2.25. The van der Waals surface area contributed by atoms with Crippen molar-refractivity contribution in [2.24, 2.45) is 0 Å². The van der Waals surface area contributed by atoms with Crippen molar-refractivity contribution in [2.75, 3.05) is 14.2 Å². The number of carbonyl (C=O) groups excluding carboxylic acids is 1. The molecule has 0 aliphatic heterocycles. The van der Waals surface area contributed by atoms with Gasteiger partial charge in [-0.2, -0.15) is 0 Å². The van der Waals surface area contributed by atoms with Crippen LogP contribution in [0, 0.1) is 7.14 Å². The van der Waals surface area contributed by atoms with Crippen molar-refractivity contribution in [2.45, 2.75) is 19.3 Å². The molecule has 0 N–H and O–H groups in total. The smallest absolute Gasteiger partial charge is 0.315 e. The molecule has 0 saturated carbocycles. The van der Waals surface area contributed by atoms with E-state index in [1.54, 1.807) is 7.11 Å². The van der Waals surface area contributed by atoms with Crippen LogP contribution < -0.4 is 4.74 Å². The highest BCUT2D eigenvalue weighted by molar-refractivity contribution is 14.1. The zero-order chi connectivity index (χ0) is 13.2. The Morgan fingerprint density at radius 2 is 1.82 bits per heavy atom. The SMILES string of the molecule is COC(=O)C(C)(C)c1cc(I)cc(I)c1OC. The Morgan fingerprint density at radius 1 is 1.24 bits per heavy atom. The van der Waals surface area contributed by atoms with Gasteiger partial charge in [0, 0.05) is 9.13 Å². The maximum atomic E-state index is 11.8. The monoisotopic (exact) mass is 460 g/mol. The third kappa shape index (κ3) is 3.04. The Hall–Kier alpha value is -0.0500. The van der Waals surface area contributed by atoms with Crippen molar-refractivity contribution in [3.8, 4) is 5.75 Å². The first-order valence-electron chi connectivity index (χ1n) is 4.96. The van der Waals surface area contributed by atoms with Gasteiger partial charge in [-0.05, 0) is 71.2 Å². The fourth-order valence-electron chi connectivity index (χ4n) is 1.60. The highest BCUT2D eigenvalue weighted by atomic mass is 127. The number of benzene rings is 1. The minimum Gasteiger partial charge on any atom is -0.495 e. The van der Waals surface area contributed by atoms with Crippen molar-refractivity contribution in [3.63, 3.8) is 0 Å². The van der Waals surface area contributed by atoms with Crippen molar-refractivity contribution in [1.82, 2.24) is 0 Å². The number of hydrogen-bond donors (Lipinski definition) is 0. The van der Waals surface area contributed by atoms with Crippen LogP contribution in [-0.4, -0.2) is 20.2 Å². The molecule has 1 aromatic rings. The summed E-state index contributed by atoms with van der Waals surface area (Å²) in [7, 11) is 3.01. The second kappa shape index (κ2) is 5.73. The van der Waals surface area contributed by atoms with E-state index in [4.69, 9.17) is 9.47 Å². The number of carbonyl (C=O) groups is 1. The van der Waals surface area contributed by atoms with E-state index in [2.05, 4.69) is 45.2 Å². The zero-order valence-corrected chi connectivity index (χ0v) is 14.5. The average molecular weight is 460 g/mol. The quantitative estimate of drug-likeness (QED) is 0.513. The number of hydrogen-bond acceptors (Lipinski definition) is 3. The lowest BCUT2D eigenvalue weighted by Crippen LogP contribution is -2.31.